The number of piperazine rings is 1. The third kappa shape index (κ3) is 4.82. The lowest BCUT2D eigenvalue weighted by Gasteiger charge is -2.38. The molecule has 0 aromatic heterocycles. The van der Waals surface area contributed by atoms with Gasteiger partial charge in [-0.25, -0.2) is 4.79 Å². The molecule has 1 aliphatic rings. The number of carbonyl (C=O) groups excluding carboxylic acids is 1. The van der Waals surface area contributed by atoms with Crippen molar-refractivity contribution in [1.82, 2.24) is 9.80 Å². The average molecular weight is 258 g/mol. The number of hydrogen-bond donors (Lipinski definition) is 1. The molecule has 0 unspecified atom stereocenters. The Morgan fingerprint density at radius 2 is 1.83 bits per heavy atom. The van der Waals surface area contributed by atoms with Crippen LogP contribution in [0.1, 0.15) is 34.1 Å². The van der Waals surface area contributed by atoms with Crippen LogP contribution >= 0.6 is 0 Å². The van der Waals surface area contributed by atoms with Gasteiger partial charge in [-0.05, 0) is 34.1 Å². The number of carbonyl (C=O) groups is 1. The van der Waals surface area contributed by atoms with E-state index in [2.05, 4.69) is 11.8 Å². The van der Waals surface area contributed by atoms with Crippen molar-refractivity contribution in [3.8, 4) is 0 Å². The van der Waals surface area contributed by atoms with E-state index in [4.69, 9.17) is 9.84 Å². The summed E-state index contributed by atoms with van der Waals surface area (Å²) in [5.74, 6) is 0. The Kier molecular flexibility index (Phi) is 5.41. The Labute approximate surface area is 110 Å². The van der Waals surface area contributed by atoms with Gasteiger partial charge in [0.1, 0.15) is 5.60 Å². The van der Waals surface area contributed by atoms with E-state index < -0.39 is 5.60 Å². The van der Waals surface area contributed by atoms with Gasteiger partial charge in [0, 0.05) is 38.8 Å². The first-order valence-electron chi connectivity index (χ1n) is 6.66. The van der Waals surface area contributed by atoms with Crippen LogP contribution < -0.4 is 0 Å². The van der Waals surface area contributed by atoms with Crippen LogP contribution in [0.5, 0.6) is 0 Å². The molecule has 0 saturated carbocycles. The summed E-state index contributed by atoms with van der Waals surface area (Å²) in [6.45, 7) is 11.1. The van der Waals surface area contributed by atoms with Gasteiger partial charge in [-0.15, -0.1) is 0 Å². The van der Waals surface area contributed by atoms with Gasteiger partial charge in [-0.2, -0.15) is 0 Å². The molecular weight excluding hydrogens is 232 g/mol. The molecule has 5 nitrogen and oxygen atoms in total. The molecule has 106 valence electrons. The minimum atomic E-state index is -0.432. The third-order valence-electron chi connectivity index (χ3n) is 3.14. The number of aliphatic hydroxyl groups excluding tert-OH is 1. The zero-order valence-electron chi connectivity index (χ0n) is 12.0. The maximum absolute atomic E-state index is 11.9. The molecule has 1 fully saturated rings. The molecule has 1 amide bonds. The fourth-order valence-corrected chi connectivity index (χ4v) is 2.04. The van der Waals surface area contributed by atoms with Crippen LogP contribution in [0.3, 0.4) is 0 Å². The van der Waals surface area contributed by atoms with E-state index in [9.17, 15) is 4.79 Å². The van der Waals surface area contributed by atoms with Crippen molar-refractivity contribution in [3.63, 3.8) is 0 Å². The standard InChI is InChI=1S/C13H26N2O3/c1-11(5-10-16)14-6-8-15(9-7-14)12(17)18-13(2,3)4/h11,16H,5-10H2,1-4H3/t11-/m1/s1. The second kappa shape index (κ2) is 6.38. The molecule has 0 aromatic carbocycles. The molecule has 5 heteroatoms. The quantitative estimate of drug-likeness (QED) is 0.829. The molecule has 1 saturated heterocycles. The van der Waals surface area contributed by atoms with E-state index >= 15 is 0 Å². The third-order valence-corrected chi connectivity index (χ3v) is 3.14. The molecule has 0 spiro atoms. The minimum absolute atomic E-state index is 0.216. The first-order chi connectivity index (χ1) is 8.33. The zero-order valence-corrected chi connectivity index (χ0v) is 12.0. The summed E-state index contributed by atoms with van der Waals surface area (Å²) in [6, 6.07) is 0.371. The highest BCUT2D eigenvalue weighted by Crippen LogP contribution is 2.13. The molecule has 18 heavy (non-hydrogen) atoms. The Hall–Kier alpha value is -0.810. The van der Waals surface area contributed by atoms with Gasteiger partial charge in [-0.1, -0.05) is 0 Å². The van der Waals surface area contributed by atoms with Gasteiger partial charge in [0.15, 0.2) is 0 Å². The van der Waals surface area contributed by atoms with E-state index in [0.29, 0.717) is 19.1 Å². The number of amides is 1. The number of hydrogen-bond acceptors (Lipinski definition) is 4. The van der Waals surface area contributed by atoms with Gasteiger partial charge in [0.05, 0.1) is 0 Å². The SMILES string of the molecule is C[C@H](CCO)N1CCN(C(=O)OC(C)(C)C)CC1. The van der Waals surface area contributed by atoms with Gasteiger partial charge in [0.25, 0.3) is 0 Å². The largest absolute Gasteiger partial charge is 0.444 e. The van der Waals surface area contributed by atoms with Crippen LogP contribution in [0.25, 0.3) is 0 Å². The summed E-state index contributed by atoms with van der Waals surface area (Å²) in [6.07, 6.45) is 0.559. The molecule has 0 aromatic rings. The highest BCUT2D eigenvalue weighted by atomic mass is 16.6. The van der Waals surface area contributed by atoms with Gasteiger partial charge in [-0.3, -0.25) is 4.90 Å². The van der Waals surface area contributed by atoms with E-state index in [1.165, 1.54) is 0 Å². The topological polar surface area (TPSA) is 53.0 Å². The van der Waals surface area contributed by atoms with Crippen molar-refractivity contribution >= 4 is 6.09 Å². The van der Waals surface area contributed by atoms with Crippen molar-refractivity contribution in [2.24, 2.45) is 0 Å². The first-order valence-corrected chi connectivity index (χ1v) is 6.66. The summed E-state index contributed by atoms with van der Waals surface area (Å²) in [5, 5.41) is 8.92. The number of rotatable bonds is 3. The Morgan fingerprint density at radius 1 is 1.28 bits per heavy atom. The van der Waals surface area contributed by atoms with Gasteiger partial charge >= 0.3 is 6.09 Å². The number of nitrogens with zero attached hydrogens (tertiary/aromatic N) is 2. The lowest BCUT2D eigenvalue weighted by molar-refractivity contribution is 0.00995. The van der Waals surface area contributed by atoms with Gasteiger partial charge in [0.2, 0.25) is 0 Å². The van der Waals surface area contributed by atoms with Crippen molar-refractivity contribution in [2.75, 3.05) is 32.8 Å². The number of ether oxygens (including phenoxy) is 1. The van der Waals surface area contributed by atoms with Crippen LogP contribution in [0, 0.1) is 0 Å². The molecule has 1 atom stereocenters. The van der Waals surface area contributed by atoms with Crippen LogP contribution in [0.2, 0.25) is 0 Å². The fraction of sp³-hybridized carbons (Fsp3) is 0.923. The normalized spacial score (nSPS) is 19.7. The molecule has 1 heterocycles. The lowest BCUT2D eigenvalue weighted by atomic mass is 10.2. The molecule has 1 aliphatic heterocycles. The summed E-state index contributed by atoms with van der Waals surface area (Å²) >= 11 is 0. The molecule has 0 radical (unpaired) electrons. The summed E-state index contributed by atoms with van der Waals surface area (Å²) < 4.78 is 5.35. The van der Waals surface area contributed by atoms with Crippen LogP contribution in [0.4, 0.5) is 4.79 Å². The summed E-state index contributed by atoms with van der Waals surface area (Å²) in [4.78, 5) is 15.9. The number of aliphatic hydroxyl groups is 1. The van der Waals surface area contributed by atoms with Crippen molar-refractivity contribution in [3.05, 3.63) is 0 Å². The predicted octanol–water partition coefficient (Wildman–Crippen LogP) is 1.31. The average Bonchev–Trinajstić information content (AvgIpc) is 2.27. The Morgan fingerprint density at radius 3 is 2.28 bits per heavy atom. The summed E-state index contributed by atoms with van der Waals surface area (Å²) in [5.41, 5.74) is -0.432. The monoisotopic (exact) mass is 258 g/mol. The first kappa shape index (κ1) is 15.2. The smallest absolute Gasteiger partial charge is 0.410 e. The van der Waals surface area contributed by atoms with E-state index in [0.717, 1.165) is 19.5 Å². The maximum atomic E-state index is 11.9. The zero-order chi connectivity index (χ0) is 13.8. The second-order valence-corrected chi connectivity index (χ2v) is 5.86. The van der Waals surface area contributed by atoms with Crippen molar-refractivity contribution in [1.29, 1.82) is 0 Å². The van der Waals surface area contributed by atoms with Crippen LogP contribution in [-0.2, 0) is 4.74 Å². The molecular formula is C13H26N2O3. The van der Waals surface area contributed by atoms with Crippen LogP contribution in [0.15, 0.2) is 0 Å². The fourth-order valence-electron chi connectivity index (χ4n) is 2.04. The van der Waals surface area contributed by atoms with Crippen molar-refractivity contribution in [2.45, 2.75) is 45.8 Å². The van der Waals surface area contributed by atoms with Gasteiger partial charge < -0.3 is 14.7 Å². The lowest BCUT2D eigenvalue weighted by Crippen LogP contribution is -2.52. The summed E-state index contributed by atoms with van der Waals surface area (Å²) in [7, 11) is 0. The Balaban J connectivity index is 2.37. The molecule has 1 rings (SSSR count). The molecule has 0 bridgehead atoms. The minimum Gasteiger partial charge on any atom is -0.444 e. The highest BCUT2D eigenvalue weighted by Gasteiger charge is 2.27. The Bertz CT molecular complexity index is 268. The molecule has 1 N–H and O–H groups in total. The predicted molar refractivity (Wildman–Crippen MR) is 70.5 cm³/mol. The van der Waals surface area contributed by atoms with E-state index in [1.54, 1.807) is 4.90 Å². The highest BCUT2D eigenvalue weighted by molar-refractivity contribution is 5.68. The maximum Gasteiger partial charge on any atom is 0.410 e. The second-order valence-electron chi connectivity index (χ2n) is 5.86. The van der Waals surface area contributed by atoms with Crippen LogP contribution in [-0.4, -0.2) is 65.4 Å². The van der Waals surface area contributed by atoms with E-state index in [-0.39, 0.29) is 12.7 Å². The van der Waals surface area contributed by atoms with Crippen molar-refractivity contribution < 1.29 is 14.6 Å². The van der Waals surface area contributed by atoms with E-state index in [1.807, 2.05) is 20.8 Å². The molecule has 0 aliphatic carbocycles.